The second-order valence-corrected chi connectivity index (χ2v) is 8.21. The number of nitrogens with zero attached hydrogens (tertiary/aromatic N) is 1. The fourth-order valence-corrected chi connectivity index (χ4v) is 4.08. The van der Waals surface area contributed by atoms with Crippen molar-refractivity contribution in [3.63, 3.8) is 0 Å². The maximum absolute atomic E-state index is 11.8. The van der Waals surface area contributed by atoms with Crippen LogP contribution in [-0.4, -0.2) is 44.8 Å². The highest BCUT2D eigenvalue weighted by molar-refractivity contribution is 7.88. The molecule has 0 radical (unpaired) electrons. The van der Waals surface area contributed by atoms with Crippen molar-refractivity contribution in [1.82, 2.24) is 4.31 Å². The van der Waals surface area contributed by atoms with Crippen molar-refractivity contribution in [1.29, 1.82) is 0 Å². The zero-order valence-electron chi connectivity index (χ0n) is 13.8. The Balaban J connectivity index is 1.82. The van der Waals surface area contributed by atoms with E-state index in [-0.39, 0.29) is 12.0 Å². The van der Waals surface area contributed by atoms with Gasteiger partial charge in [-0.2, -0.15) is 4.31 Å². The maximum Gasteiger partial charge on any atom is 0.211 e. The van der Waals surface area contributed by atoms with Gasteiger partial charge in [-0.1, -0.05) is 60.7 Å². The largest absolute Gasteiger partial charge is 0.375 e. The SMILES string of the molecule is CS(=O)(=O)N1CCO[C@H](CC(c2ccccc2)c2ccccc2)C1. The van der Waals surface area contributed by atoms with Crippen molar-refractivity contribution >= 4 is 10.0 Å². The Morgan fingerprint density at radius 2 is 1.58 bits per heavy atom. The molecule has 128 valence electrons. The number of benzene rings is 2. The fourth-order valence-electron chi connectivity index (χ4n) is 3.23. The normalized spacial score (nSPS) is 19.5. The van der Waals surface area contributed by atoms with E-state index in [0.717, 1.165) is 6.42 Å². The van der Waals surface area contributed by atoms with Gasteiger partial charge in [0.25, 0.3) is 0 Å². The number of rotatable bonds is 5. The van der Waals surface area contributed by atoms with Gasteiger partial charge in [0.15, 0.2) is 0 Å². The molecule has 0 unspecified atom stereocenters. The van der Waals surface area contributed by atoms with Crippen molar-refractivity contribution < 1.29 is 13.2 Å². The molecule has 2 aromatic rings. The van der Waals surface area contributed by atoms with E-state index < -0.39 is 10.0 Å². The molecule has 0 aliphatic carbocycles. The van der Waals surface area contributed by atoms with Gasteiger partial charge in [0.1, 0.15) is 0 Å². The Hall–Kier alpha value is -1.69. The first-order valence-electron chi connectivity index (χ1n) is 8.20. The molecular formula is C19H23NO3S. The van der Waals surface area contributed by atoms with Gasteiger partial charge in [-0.25, -0.2) is 8.42 Å². The predicted octanol–water partition coefficient (Wildman–Crippen LogP) is 2.87. The average molecular weight is 345 g/mol. The zero-order chi connectivity index (χ0) is 17.0. The van der Waals surface area contributed by atoms with Crippen LogP contribution in [-0.2, 0) is 14.8 Å². The first-order chi connectivity index (χ1) is 11.5. The van der Waals surface area contributed by atoms with Gasteiger partial charge in [0, 0.05) is 19.0 Å². The van der Waals surface area contributed by atoms with Crippen LogP contribution in [0.2, 0.25) is 0 Å². The lowest BCUT2D eigenvalue weighted by Gasteiger charge is -2.33. The summed E-state index contributed by atoms with van der Waals surface area (Å²) in [6, 6.07) is 20.6. The lowest BCUT2D eigenvalue weighted by atomic mass is 9.86. The van der Waals surface area contributed by atoms with E-state index >= 15 is 0 Å². The predicted molar refractivity (Wildman–Crippen MR) is 95.5 cm³/mol. The molecule has 1 aliphatic heterocycles. The molecule has 5 heteroatoms. The monoisotopic (exact) mass is 345 g/mol. The lowest BCUT2D eigenvalue weighted by Crippen LogP contribution is -2.45. The summed E-state index contributed by atoms with van der Waals surface area (Å²) in [7, 11) is -3.17. The van der Waals surface area contributed by atoms with Crippen LogP contribution in [0.25, 0.3) is 0 Å². The van der Waals surface area contributed by atoms with Gasteiger partial charge < -0.3 is 4.74 Å². The Morgan fingerprint density at radius 3 is 2.08 bits per heavy atom. The summed E-state index contributed by atoms with van der Waals surface area (Å²) in [5.74, 6) is 0.192. The molecule has 2 aromatic carbocycles. The van der Waals surface area contributed by atoms with Crippen LogP contribution < -0.4 is 0 Å². The number of hydrogen-bond acceptors (Lipinski definition) is 3. The highest BCUT2D eigenvalue weighted by atomic mass is 32.2. The molecule has 0 bridgehead atoms. The summed E-state index contributed by atoms with van der Waals surface area (Å²) in [5, 5.41) is 0. The fraction of sp³-hybridized carbons (Fsp3) is 0.368. The minimum atomic E-state index is -3.17. The maximum atomic E-state index is 11.8. The molecule has 1 heterocycles. The summed E-state index contributed by atoms with van der Waals surface area (Å²) in [5.41, 5.74) is 2.45. The molecule has 1 atom stereocenters. The van der Waals surface area contributed by atoms with E-state index in [2.05, 4.69) is 24.3 Å². The smallest absolute Gasteiger partial charge is 0.211 e. The average Bonchev–Trinajstić information content (AvgIpc) is 2.61. The van der Waals surface area contributed by atoms with Gasteiger partial charge in [0.2, 0.25) is 10.0 Å². The lowest BCUT2D eigenvalue weighted by molar-refractivity contribution is -0.00735. The van der Waals surface area contributed by atoms with Crippen LogP contribution in [0.3, 0.4) is 0 Å². The van der Waals surface area contributed by atoms with E-state index in [1.54, 1.807) is 0 Å². The highest BCUT2D eigenvalue weighted by Crippen LogP contribution is 2.31. The molecule has 0 saturated carbocycles. The van der Waals surface area contributed by atoms with Gasteiger partial charge >= 0.3 is 0 Å². The van der Waals surface area contributed by atoms with Crippen molar-refractivity contribution in [3.8, 4) is 0 Å². The Morgan fingerprint density at radius 1 is 1.04 bits per heavy atom. The van der Waals surface area contributed by atoms with Crippen LogP contribution >= 0.6 is 0 Å². The molecular weight excluding hydrogens is 322 g/mol. The van der Waals surface area contributed by atoms with Crippen molar-refractivity contribution in [2.45, 2.75) is 18.4 Å². The minimum absolute atomic E-state index is 0.0983. The second-order valence-electron chi connectivity index (χ2n) is 6.22. The molecule has 3 rings (SSSR count). The van der Waals surface area contributed by atoms with Crippen LogP contribution in [0.1, 0.15) is 23.5 Å². The Labute approximate surface area is 144 Å². The quantitative estimate of drug-likeness (QED) is 0.837. The standard InChI is InChI=1S/C19H23NO3S/c1-24(21,22)20-12-13-23-18(15-20)14-19(16-8-4-2-5-9-16)17-10-6-3-7-11-17/h2-11,18-19H,12-15H2,1H3/t18-/m1/s1. The number of morpholine rings is 1. The highest BCUT2D eigenvalue weighted by Gasteiger charge is 2.29. The summed E-state index contributed by atoms with van der Waals surface area (Å²) in [6.45, 7) is 1.32. The molecule has 0 aromatic heterocycles. The number of ether oxygens (including phenoxy) is 1. The van der Waals surface area contributed by atoms with Gasteiger partial charge in [0.05, 0.1) is 19.0 Å². The third-order valence-electron chi connectivity index (χ3n) is 4.47. The number of hydrogen-bond donors (Lipinski definition) is 0. The minimum Gasteiger partial charge on any atom is -0.375 e. The van der Waals surface area contributed by atoms with Gasteiger partial charge in [-0.3, -0.25) is 0 Å². The van der Waals surface area contributed by atoms with Crippen LogP contribution in [0.4, 0.5) is 0 Å². The molecule has 24 heavy (non-hydrogen) atoms. The zero-order valence-corrected chi connectivity index (χ0v) is 14.7. The molecule has 1 fully saturated rings. The van der Waals surface area contributed by atoms with Crippen molar-refractivity contribution in [3.05, 3.63) is 71.8 Å². The van der Waals surface area contributed by atoms with Crippen LogP contribution in [0, 0.1) is 0 Å². The molecule has 0 amide bonds. The van der Waals surface area contributed by atoms with E-state index in [9.17, 15) is 8.42 Å². The second kappa shape index (κ2) is 7.47. The van der Waals surface area contributed by atoms with Crippen molar-refractivity contribution in [2.24, 2.45) is 0 Å². The van der Waals surface area contributed by atoms with Gasteiger partial charge in [-0.05, 0) is 17.5 Å². The van der Waals surface area contributed by atoms with Crippen LogP contribution in [0.15, 0.2) is 60.7 Å². The van der Waals surface area contributed by atoms with E-state index in [1.165, 1.54) is 21.7 Å². The van der Waals surface area contributed by atoms with Crippen molar-refractivity contribution in [2.75, 3.05) is 26.0 Å². The third kappa shape index (κ3) is 4.23. The van der Waals surface area contributed by atoms with Gasteiger partial charge in [-0.15, -0.1) is 0 Å². The summed E-state index contributed by atoms with van der Waals surface area (Å²) in [4.78, 5) is 0. The first kappa shape index (κ1) is 17.1. The third-order valence-corrected chi connectivity index (χ3v) is 5.74. The van der Waals surface area contributed by atoms with E-state index in [1.807, 2.05) is 36.4 Å². The van der Waals surface area contributed by atoms with E-state index in [0.29, 0.717) is 19.7 Å². The molecule has 1 aliphatic rings. The van der Waals surface area contributed by atoms with E-state index in [4.69, 9.17) is 4.74 Å². The molecule has 1 saturated heterocycles. The summed E-state index contributed by atoms with van der Waals surface area (Å²) >= 11 is 0. The summed E-state index contributed by atoms with van der Waals surface area (Å²) in [6.07, 6.45) is 1.93. The topological polar surface area (TPSA) is 46.6 Å². The molecule has 0 spiro atoms. The Bertz CT molecular complexity index is 707. The van der Waals surface area contributed by atoms with Crippen LogP contribution in [0.5, 0.6) is 0 Å². The summed E-state index contributed by atoms with van der Waals surface area (Å²) < 4.78 is 31.0. The first-order valence-corrected chi connectivity index (χ1v) is 10.1. The number of sulfonamides is 1. The Kier molecular flexibility index (Phi) is 5.33. The molecule has 4 nitrogen and oxygen atoms in total. The molecule has 0 N–H and O–H groups in total.